The number of aromatic nitrogens is 3. The van der Waals surface area contributed by atoms with Gasteiger partial charge in [0.25, 0.3) is 0 Å². The molecule has 0 fully saturated rings. The van der Waals surface area contributed by atoms with E-state index in [1.165, 1.54) is 6.33 Å². The summed E-state index contributed by atoms with van der Waals surface area (Å²) in [5, 5.41) is 6.39. The number of ether oxygens (including phenoxy) is 1. The molecule has 6 heteroatoms. The molecular formula is C13H17N5O. The molecule has 0 aliphatic rings. The third-order valence-electron chi connectivity index (χ3n) is 2.48. The number of pyridine rings is 1. The average molecular weight is 259 g/mol. The summed E-state index contributed by atoms with van der Waals surface area (Å²) >= 11 is 0. The van der Waals surface area contributed by atoms with E-state index >= 15 is 0 Å². The third-order valence-corrected chi connectivity index (χ3v) is 2.48. The van der Waals surface area contributed by atoms with Gasteiger partial charge >= 0.3 is 0 Å². The Hall–Kier alpha value is -2.21. The van der Waals surface area contributed by atoms with Crippen LogP contribution in [0.2, 0.25) is 0 Å². The highest BCUT2D eigenvalue weighted by Crippen LogP contribution is 2.09. The quantitative estimate of drug-likeness (QED) is 0.735. The lowest BCUT2D eigenvalue weighted by Gasteiger charge is -2.08. The molecule has 2 N–H and O–H groups in total. The Morgan fingerprint density at radius 2 is 2.05 bits per heavy atom. The fourth-order valence-corrected chi connectivity index (χ4v) is 1.53. The van der Waals surface area contributed by atoms with E-state index in [2.05, 4.69) is 25.6 Å². The van der Waals surface area contributed by atoms with Crippen LogP contribution in [-0.2, 0) is 11.3 Å². The monoisotopic (exact) mass is 259 g/mol. The van der Waals surface area contributed by atoms with Gasteiger partial charge in [-0.1, -0.05) is 6.07 Å². The van der Waals surface area contributed by atoms with Crippen LogP contribution in [-0.4, -0.2) is 35.2 Å². The first-order valence-corrected chi connectivity index (χ1v) is 6.06. The van der Waals surface area contributed by atoms with Crippen LogP contribution in [0.15, 0.2) is 36.9 Å². The van der Waals surface area contributed by atoms with Crippen LogP contribution in [0.5, 0.6) is 0 Å². The molecule has 2 aromatic heterocycles. The van der Waals surface area contributed by atoms with E-state index in [0.29, 0.717) is 13.2 Å². The number of rotatable bonds is 7. The normalized spacial score (nSPS) is 10.2. The van der Waals surface area contributed by atoms with Crippen molar-refractivity contribution in [1.29, 1.82) is 0 Å². The van der Waals surface area contributed by atoms with Gasteiger partial charge in [-0.2, -0.15) is 0 Å². The zero-order valence-electron chi connectivity index (χ0n) is 10.8. The van der Waals surface area contributed by atoms with E-state index in [9.17, 15) is 0 Å². The highest BCUT2D eigenvalue weighted by atomic mass is 16.5. The van der Waals surface area contributed by atoms with Gasteiger partial charge in [-0.3, -0.25) is 4.98 Å². The van der Waals surface area contributed by atoms with Crippen molar-refractivity contribution in [2.24, 2.45) is 0 Å². The van der Waals surface area contributed by atoms with Crippen molar-refractivity contribution in [3.8, 4) is 0 Å². The lowest BCUT2D eigenvalue weighted by Crippen LogP contribution is -2.09. The lowest BCUT2D eigenvalue weighted by molar-refractivity contribution is 0.210. The van der Waals surface area contributed by atoms with Crippen molar-refractivity contribution in [2.45, 2.75) is 6.54 Å². The van der Waals surface area contributed by atoms with Crippen LogP contribution in [0.25, 0.3) is 0 Å². The van der Waals surface area contributed by atoms with Crippen molar-refractivity contribution in [3.63, 3.8) is 0 Å². The number of nitrogens with one attached hydrogen (secondary N) is 2. The van der Waals surface area contributed by atoms with E-state index in [4.69, 9.17) is 4.74 Å². The lowest BCUT2D eigenvalue weighted by atomic mass is 10.3. The number of hydrogen-bond acceptors (Lipinski definition) is 6. The Morgan fingerprint density at radius 1 is 1.21 bits per heavy atom. The molecule has 0 spiro atoms. The van der Waals surface area contributed by atoms with Crippen LogP contribution in [0.1, 0.15) is 5.56 Å². The summed E-state index contributed by atoms with van der Waals surface area (Å²) in [4.78, 5) is 12.4. The zero-order chi connectivity index (χ0) is 13.3. The molecule has 19 heavy (non-hydrogen) atoms. The molecule has 0 saturated heterocycles. The molecule has 0 aliphatic heterocycles. The van der Waals surface area contributed by atoms with E-state index in [1.54, 1.807) is 13.3 Å². The van der Waals surface area contributed by atoms with Crippen LogP contribution >= 0.6 is 0 Å². The zero-order valence-corrected chi connectivity index (χ0v) is 10.8. The van der Waals surface area contributed by atoms with Crippen molar-refractivity contribution >= 4 is 11.6 Å². The molecule has 0 aromatic carbocycles. The fourth-order valence-electron chi connectivity index (χ4n) is 1.53. The summed E-state index contributed by atoms with van der Waals surface area (Å²) in [6, 6.07) is 5.79. The van der Waals surface area contributed by atoms with E-state index in [-0.39, 0.29) is 0 Å². The molecule has 0 unspecified atom stereocenters. The Balaban J connectivity index is 1.88. The number of hydrogen-bond donors (Lipinski definition) is 2. The van der Waals surface area contributed by atoms with Gasteiger partial charge in [0.15, 0.2) is 0 Å². The van der Waals surface area contributed by atoms with Crippen molar-refractivity contribution in [3.05, 3.63) is 42.5 Å². The van der Waals surface area contributed by atoms with Crippen LogP contribution in [0.3, 0.4) is 0 Å². The molecule has 2 aromatic rings. The van der Waals surface area contributed by atoms with Crippen LogP contribution < -0.4 is 10.6 Å². The molecule has 0 bridgehead atoms. The molecule has 6 nitrogen and oxygen atoms in total. The van der Waals surface area contributed by atoms with Gasteiger partial charge in [0.2, 0.25) is 0 Å². The second-order valence-corrected chi connectivity index (χ2v) is 3.92. The summed E-state index contributed by atoms with van der Waals surface area (Å²) in [6.45, 7) is 2.04. The first-order valence-electron chi connectivity index (χ1n) is 6.06. The second-order valence-electron chi connectivity index (χ2n) is 3.92. The Labute approximate surface area is 112 Å². The predicted molar refractivity (Wildman–Crippen MR) is 74.0 cm³/mol. The topological polar surface area (TPSA) is 72.0 Å². The first-order chi connectivity index (χ1) is 9.38. The number of anilines is 2. The van der Waals surface area contributed by atoms with Crippen LogP contribution in [0, 0.1) is 0 Å². The number of nitrogens with zero attached hydrogens (tertiary/aromatic N) is 3. The van der Waals surface area contributed by atoms with Gasteiger partial charge in [0, 0.05) is 38.7 Å². The Bertz CT molecular complexity index is 491. The van der Waals surface area contributed by atoms with Gasteiger partial charge in [-0.15, -0.1) is 0 Å². The highest BCUT2D eigenvalue weighted by Gasteiger charge is 1.98. The summed E-state index contributed by atoms with van der Waals surface area (Å²) in [6.07, 6.45) is 5.11. The van der Waals surface area contributed by atoms with Crippen molar-refractivity contribution < 1.29 is 4.74 Å². The van der Waals surface area contributed by atoms with E-state index in [0.717, 1.165) is 23.7 Å². The van der Waals surface area contributed by atoms with Gasteiger partial charge < -0.3 is 15.4 Å². The molecule has 0 radical (unpaired) electrons. The van der Waals surface area contributed by atoms with Crippen LogP contribution in [0.4, 0.5) is 11.6 Å². The summed E-state index contributed by atoms with van der Waals surface area (Å²) in [5.74, 6) is 1.56. The molecule has 2 heterocycles. The molecule has 0 amide bonds. The SMILES string of the molecule is COCCNc1cc(NCc2cccnc2)ncn1. The average Bonchev–Trinajstić information content (AvgIpc) is 2.47. The van der Waals surface area contributed by atoms with E-state index in [1.807, 2.05) is 24.4 Å². The Morgan fingerprint density at radius 3 is 2.79 bits per heavy atom. The smallest absolute Gasteiger partial charge is 0.131 e. The maximum absolute atomic E-state index is 4.97. The molecule has 2 rings (SSSR count). The standard InChI is InChI=1S/C13H17N5O/c1-19-6-5-15-12-7-13(18-10-17-12)16-9-11-3-2-4-14-8-11/h2-4,7-8,10H,5-6,9H2,1H3,(H2,15,16,17,18). The largest absolute Gasteiger partial charge is 0.383 e. The molecule has 0 aliphatic carbocycles. The van der Waals surface area contributed by atoms with Gasteiger partial charge in [0.05, 0.1) is 6.61 Å². The van der Waals surface area contributed by atoms with Gasteiger partial charge in [0.1, 0.15) is 18.0 Å². The second kappa shape index (κ2) is 7.27. The minimum atomic E-state index is 0.641. The summed E-state index contributed by atoms with van der Waals surface area (Å²) < 4.78 is 4.97. The number of methoxy groups -OCH3 is 1. The first kappa shape index (κ1) is 13.2. The minimum Gasteiger partial charge on any atom is -0.383 e. The summed E-state index contributed by atoms with van der Waals surface area (Å²) in [7, 11) is 1.67. The van der Waals surface area contributed by atoms with E-state index < -0.39 is 0 Å². The predicted octanol–water partition coefficient (Wildman–Crippen LogP) is 1.54. The summed E-state index contributed by atoms with van der Waals surface area (Å²) in [5.41, 5.74) is 1.11. The maximum Gasteiger partial charge on any atom is 0.131 e. The molecular weight excluding hydrogens is 242 g/mol. The molecule has 0 saturated carbocycles. The van der Waals surface area contributed by atoms with Gasteiger partial charge in [-0.25, -0.2) is 9.97 Å². The van der Waals surface area contributed by atoms with Crippen molar-refractivity contribution in [2.75, 3.05) is 30.9 Å². The highest BCUT2D eigenvalue weighted by molar-refractivity contribution is 5.46. The Kier molecular flexibility index (Phi) is 5.06. The minimum absolute atomic E-state index is 0.641. The fraction of sp³-hybridized carbons (Fsp3) is 0.308. The maximum atomic E-state index is 4.97. The molecule has 0 atom stereocenters. The third kappa shape index (κ3) is 4.51. The van der Waals surface area contributed by atoms with Crippen molar-refractivity contribution in [1.82, 2.24) is 15.0 Å². The molecule has 100 valence electrons. The van der Waals surface area contributed by atoms with Gasteiger partial charge in [-0.05, 0) is 11.6 Å².